The third-order valence-electron chi connectivity index (χ3n) is 5.79. The average molecular weight is 518 g/mol. The highest BCUT2D eigenvalue weighted by atomic mass is 19.4. The Balaban J connectivity index is 1.46. The molecule has 0 saturated carbocycles. The van der Waals surface area contributed by atoms with Crippen LogP contribution in [0, 0.1) is 0 Å². The van der Waals surface area contributed by atoms with Crippen molar-refractivity contribution in [2.45, 2.75) is 6.18 Å². The molecular weight excluding hydrogens is 497 g/mol. The maximum atomic E-state index is 13.7. The number of hydrogen-bond acceptors (Lipinski definition) is 6. The van der Waals surface area contributed by atoms with E-state index in [-0.39, 0.29) is 17.3 Å². The number of alkyl halides is 3. The van der Waals surface area contributed by atoms with Gasteiger partial charge in [0.05, 0.1) is 16.6 Å². The lowest BCUT2D eigenvalue weighted by molar-refractivity contribution is -0.137. The van der Waals surface area contributed by atoms with Crippen LogP contribution in [0.1, 0.15) is 16.1 Å². The highest BCUT2D eigenvalue weighted by Gasteiger charge is 2.31. The lowest BCUT2D eigenvalue weighted by Crippen LogP contribution is -2.18. The third kappa shape index (κ3) is 5.12. The summed E-state index contributed by atoms with van der Waals surface area (Å²) in [6.07, 6.45) is 0.00736. The predicted octanol–water partition coefficient (Wildman–Crippen LogP) is 5.94. The smallest absolute Gasteiger partial charge is 0.416 e. The Morgan fingerprint density at radius 2 is 1.79 bits per heavy atom. The van der Waals surface area contributed by atoms with Crippen molar-refractivity contribution in [3.05, 3.63) is 90.5 Å². The van der Waals surface area contributed by atoms with Gasteiger partial charge in [-0.2, -0.15) is 13.2 Å². The summed E-state index contributed by atoms with van der Waals surface area (Å²) >= 11 is 0. The average Bonchev–Trinajstić information content (AvgIpc) is 3.22. The second kappa shape index (κ2) is 9.85. The number of benzene rings is 2. The van der Waals surface area contributed by atoms with Crippen LogP contribution >= 0.6 is 0 Å². The SMILES string of the molecule is CNC(=O)c1cc(Oc2ccc3c(c2)nc(Nc2cc(-c4cccnc4)cc(C(F)(F)F)c2)n3C)ccn1. The fourth-order valence-corrected chi connectivity index (χ4v) is 3.91. The molecule has 5 aromatic rings. The molecule has 0 aliphatic carbocycles. The van der Waals surface area contributed by atoms with E-state index in [9.17, 15) is 18.0 Å². The van der Waals surface area contributed by atoms with E-state index in [2.05, 4.69) is 25.6 Å². The van der Waals surface area contributed by atoms with Gasteiger partial charge >= 0.3 is 6.18 Å². The molecule has 3 heterocycles. The largest absolute Gasteiger partial charge is 0.457 e. The van der Waals surface area contributed by atoms with Crippen molar-refractivity contribution in [2.75, 3.05) is 12.4 Å². The molecule has 0 aliphatic rings. The Hall–Kier alpha value is -4.93. The topological polar surface area (TPSA) is 94.0 Å². The van der Waals surface area contributed by atoms with Crippen LogP contribution in [0.15, 0.2) is 79.3 Å². The van der Waals surface area contributed by atoms with E-state index in [0.717, 1.165) is 17.6 Å². The molecule has 0 unspecified atom stereocenters. The van der Waals surface area contributed by atoms with Crippen LogP contribution in [-0.4, -0.2) is 32.5 Å². The molecule has 0 atom stereocenters. The molecule has 0 bridgehead atoms. The van der Waals surface area contributed by atoms with Crippen LogP contribution in [0.4, 0.5) is 24.8 Å². The predicted molar refractivity (Wildman–Crippen MR) is 136 cm³/mol. The Labute approximate surface area is 215 Å². The Morgan fingerprint density at radius 1 is 0.974 bits per heavy atom. The summed E-state index contributed by atoms with van der Waals surface area (Å²) in [5, 5.41) is 5.53. The molecule has 8 nitrogen and oxygen atoms in total. The first-order valence-electron chi connectivity index (χ1n) is 11.4. The van der Waals surface area contributed by atoms with E-state index in [1.54, 1.807) is 60.3 Å². The molecule has 0 aliphatic heterocycles. The van der Waals surface area contributed by atoms with Crippen LogP contribution in [0.5, 0.6) is 11.5 Å². The van der Waals surface area contributed by atoms with Crippen LogP contribution in [-0.2, 0) is 13.2 Å². The molecule has 0 fully saturated rings. The van der Waals surface area contributed by atoms with Crippen molar-refractivity contribution in [1.29, 1.82) is 0 Å². The third-order valence-corrected chi connectivity index (χ3v) is 5.79. The highest BCUT2D eigenvalue weighted by Crippen LogP contribution is 2.36. The number of imidazole rings is 1. The number of carbonyl (C=O) groups is 1. The summed E-state index contributed by atoms with van der Waals surface area (Å²) in [5.41, 5.74) is 1.88. The molecule has 0 spiro atoms. The number of pyridine rings is 2. The fourth-order valence-electron chi connectivity index (χ4n) is 3.91. The lowest BCUT2D eigenvalue weighted by Gasteiger charge is -2.13. The minimum absolute atomic E-state index is 0.210. The number of carbonyl (C=O) groups excluding carboxylic acids is 1. The molecule has 0 saturated heterocycles. The molecule has 5 rings (SSSR count). The number of hydrogen-bond donors (Lipinski definition) is 2. The number of amides is 1. The van der Waals surface area contributed by atoms with Crippen LogP contribution in [0.3, 0.4) is 0 Å². The molecule has 3 aromatic heterocycles. The first kappa shape index (κ1) is 24.8. The van der Waals surface area contributed by atoms with Crippen molar-refractivity contribution in [3.63, 3.8) is 0 Å². The highest BCUT2D eigenvalue weighted by molar-refractivity contribution is 5.92. The molecule has 1 amide bonds. The van der Waals surface area contributed by atoms with Crippen LogP contribution in [0.2, 0.25) is 0 Å². The molecule has 2 N–H and O–H groups in total. The van der Waals surface area contributed by atoms with Gasteiger partial charge < -0.3 is 19.9 Å². The first-order chi connectivity index (χ1) is 18.2. The summed E-state index contributed by atoms with van der Waals surface area (Å²) in [4.78, 5) is 24.4. The Kier molecular flexibility index (Phi) is 6.41. The number of nitrogens with zero attached hydrogens (tertiary/aromatic N) is 4. The summed E-state index contributed by atoms with van der Waals surface area (Å²) in [5.74, 6) is 0.889. The number of anilines is 2. The normalized spacial score (nSPS) is 11.4. The number of aryl methyl sites for hydroxylation is 1. The molecule has 192 valence electrons. The van der Waals surface area contributed by atoms with Gasteiger partial charge in [-0.05, 0) is 48.0 Å². The Bertz CT molecular complexity index is 1630. The van der Waals surface area contributed by atoms with E-state index >= 15 is 0 Å². The fraction of sp³-hybridized carbons (Fsp3) is 0.111. The maximum absolute atomic E-state index is 13.7. The molecule has 38 heavy (non-hydrogen) atoms. The number of rotatable bonds is 6. The first-order valence-corrected chi connectivity index (χ1v) is 11.4. The number of ether oxygens (including phenoxy) is 1. The summed E-state index contributed by atoms with van der Waals surface area (Å²) < 4.78 is 48.6. The summed E-state index contributed by atoms with van der Waals surface area (Å²) in [6.45, 7) is 0. The molecule has 11 heteroatoms. The van der Waals surface area contributed by atoms with Gasteiger partial charge in [0.15, 0.2) is 0 Å². The van der Waals surface area contributed by atoms with Gasteiger partial charge in [0.2, 0.25) is 5.95 Å². The second-order valence-electron chi connectivity index (χ2n) is 8.37. The van der Waals surface area contributed by atoms with Gasteiger partial charge in [-0.1, -0.05) is 6.07 Å². The summed E-state index contributed by atoms with van der Waals surface area (Å²) in [6, 6.07) is 15.5. The van der Waals surface area contributed by atoms with Gasteiger partial charge in [0.1, 0.15) is 17.2 Å². The van der Waals surface area contributed by atoms with Crippen molar-refractivity contribution in [3.8, 4) is 22.6 Å². The lowest BCUT2D eigenvalue weighted by atomic mass is 10.0. The van der Waals surface area contributed by atoms with Gasteiger partial charge in [-0.15, -0.1) is 0 Å². The van der Waals surface area contributed by atoms with Crippen molar-refractivity contribution in [2.24, 2.45) is 7.05 Å². The zero-order valence-corrected chi connectivity index (χ0v) is 20.2. The minimum Gasteiger partial charge on any atom is -0.457 e. The van der Waals surface area contributed by atoms with Gasteiger partial charge in [-0.3, -0.25) is 14.8 Å². The standard InChI is InChI=1S/C27H21F3N6O2/c1-31-25(37)23-14-21(7-9-33-23)38-20-5-6-24-22(13-20)35-26(36(24)2)34-19-11-17(16-4-3-8-32-15-16)10-18(12-19)27(28,29)30/h3-15H,1-2H3,(H,31,37)(H,34,35). The monoisotopic (exact) mass is 518 g/mol. The maximum Gasteiger partial charge on any atom is 0.416 e. The van der Waals surface area contributed by atoms with Gasteiger partial charge in [0, 0.05) is 56.1 Å². The van der Waals surface area contributed by atoms with E-state index < -0.39 is 11.7 Å². The number of fused-ring (bicyclic) bond motifs is 1. The quantitative estimate of drug-likeness (QED) is 0.289. The van der Waals surface area contributed by atoms with Crippen molar-refractivity contribution >= 4 is 28.6 Å². The van der Waals surface area contributed by atoms with E-state index in [0.29, 0.717) is 34.1 Å². The zero-order chi connectivity index (χ0) is 26.9. The Morgan fingerprint density at radius 3 is 2.53 bits per heavy atom. The second-order valence-corrected chi connectivity index (χ2v) is 8.37. The number of nitrogens with one attached hydrogen (secondary N) is 2. The van der Waals surface area contributed by atoms with E-state index in [1.807, 2.05) is 0 Å². The van der Waals surface area contributed by atoms with Gasteiger partial charge in [0.25, 0.3) is 5.91 Å². The molecule has 2 aromatic carbocycles. The van der Waals surface area contributed by atoms with Crippen molar-refractivity contribution in [1.82, 2.24) is 24.8 Å². The van der Waals surface area contributed by atoms with Crippen LogP contribution in [0.25, 0.3) is 22.2 Å². The minimum atomic E-state index is -4.53. The number of halogens is 3. The van der Waals surface area contributed by atoms with Crippen molar-refractivity contribution < 1.29 is 22.7 Å². The zero-order valence-electron chi connectivity index (χ0n) is 20.2. The van der Waals surface area contributed by atoms with E-state index in [4.69, 9.17) is 4.74 Å². The number of aromatic nitrogens is 4. The molecular formula is C27H21F3N6O2. The summed E-state index contributed by atoms with van der Waals surface area (Å²) in [7, 11) is 3.27. The van der Waals surface area contributed by atoms with Crippen LogP contribution < -0.4 is 15.4 Å². The van der Waals surface area contributed by atoms with E-state index in [1.165, 1.54) is 25.5 Å². The molecule has 0 radical (unpaired) electrons. The van der Waals surface area contributed by atoms with Gasteiger partial charge in [-0.25, -0.2) is 4.98 Å².